The van der Waals surface area contributed by atoms with Gasteiger partial charge in [0.25, 0.3) is 0 Å². The number of aromatic nitrogens is 3. The Hall–Kier alpha value is -6.85. The van der Waals surface area contributed by atoms with E-state index < -0.39 is 0 Å². The van der Waals surface area contributed by atoms with Crippen molar-refractivity contribution in [1.29, 1.82) is 0 Å². The minimum atomic E-state index is -0.152. The van der Waals surface area contributed by atoms with E-state index in [1.54, 1.807) is 0 Å². The molecule has 1 atom stereocenters. The van der Waals surface area contributed by atoms with Gasteiger partial charge in [-0.1, -0.05) is 103 Å². The van der Waals surface area contributed by atoms with E-state index in [1.807, 2.05) is 6.20 Å². The van der Waals surface area contributed by atoms with Crippen molar-refractivity contribution in [2.75, 3.05) is 0 Å². The van der Waals surface area contributed by atoms with E-state index in [4.69, 9.17) is 4.99 Å². The van der Waals surface area contributed by atoms with Crippen molar-refractivity contribution in [2.24, 2.45) is 4.99 Å². The maximum absolute atomic E-state index is 5.38. The normalized spacial score (nSPS) is 14.7. The van der Waals surface area contributed by atoms with E-state index in [0.29, 0.717) is 0 Å². The molecule has 11 rings (SSSR count). The molecule has 10 aromatic rings. The number of para-hydroxylation sites is 5. The molecule has 4 heterocycles. The molecule has 1 unspecified atom stereocenters. The molecule has 3 aromatic heterocycles. The third-order valence-corrected chi connectivity index (χ3v) is 10.5. The smallest absolute Gasteiger partial charge is 0.208 e. The Balaban J connectivity index is 1.07. The maximum Gasteiger partial charge on any atom is 0.208 e. The number of benzene rings is 7. The molecule has 1 N–H and O–H groups in total. The lowest BCUT2D eigenvalue weighted by molar-refractivity contribution is 0.852. The van der Waals surface area contributed by atoms with Crippen molar-refractivity contribution in [2.45, 2.75) is 6.04 Å². The number of aliphatic imine (C=N–C) groups is 1. The molecule has 7 aromatic carbocycles. The third kappa shape index (κ3) is 4.12. The number of nitrogens with zero attached hydrogens (tertiary/aromatic N) is 4. The van der Waals surface area contributed by atoms with Crippen LogP contribution in [-0.2, 0) is 0 Å². The lowest BCUT2D eigenvalue weighted by Gasteiger charge is -2.20. The van der Waals surface area contributed by atoms with Crippen LogP contribution >= 0.6 is 0 Å². The highest BCUT2D eigenvalue weighted by molar-refractivity contribution is 6.15. The van der Waals surface area contributed by atoms with Gasteiger partial charge in [0.2, 0.25) is 5.96 Å². The van der Waals surface area contributed by atoms with Crippen LogP contribution in [0.25, 0.3) is 76.8 Å². The van der Waals surface area contributed by atoms with E-state index in [1.165, 1.54) is 54.4 Å². The number of fused-ring (bicyclic) bond motifs is 9. The molecule has 0 spiro atoms. The molecule has 0 radical (unpaired) electrons. The fourth-order valence-electron chi connectivity index (χ4n) is 8.29. The first-order valence-corrected chi connectivity index (χ1v) is 17.4. The fourth-order valence-corrected chi connectivity index (χ4v) is 8.29. The predicted octanol–water partition coefficient (Wildman–Crippen LogP) is 11.1. The van der Waals surface area contributed by atoms with Crippen molar-refractivity contribution in [3.05, 3.63) is 182 Å². The highest BCUT2D eigenvalue weighted by atomic mass is 15.2. The van der Waals surface area contributed by atoms with Gasteiger partial charge in [-0.15, -0.1) is 0 Å². The topological polar surface area (TPSA) is 39.2 Å². The zero-order valence-corrected chi connectivity index (χ0v) is 27.6. The Bertz CT molecular complexity index is 3010. The van der Waals surface area contributed by atoms with E-state index in [0.717, 1.165) is 33.9 Å². The van der Waals surface area contributed by atoms with Gasteiger partial charge >= 0.3 is 0 Å². The quantitative estimate of drug-likeness (QED) is 0.202. The van der Waals surface area contributed by atoms with Crippen LogP contribution in [0.15, 0.2) is 181 Å². The second-order valence-corrected chi connectivity index (χ2v) is 13.3. The van der Waals surface area contributed by atoms with E-state index in [2.05, 4.69) is 189 Å². The second kappa shape index (κ2) is 10.8. The van der Waals surface area contributed by atoms with Crippen molar-refractivity contribution >= 4 is 71.4 Å². The molecule has 0 saturated carbocycles. The molecule has 0 fully saturated rings. The molecule has 0 bridgehead atoms. The Labute approximate surface area is 293 Å². The van der Waals surface area contributed by atoms with Crippen molar-refractivity contribution in [3.8, 4) is 11.4 Å². The maximum atomic E-state index is 5.38. The van der Waals surface area contributed by atoms with Gasteiger partial charge in [0, 0.05) is 49.9 Å². The summed E-state index contributed by atoms with van der Waals surface area (Å²) in [5, 5.41) is 10.9. The van der Waals surface area contributed by atoms with Crippen LogP contribution in [0.3, 0.4) is 0 Å². The van der Waals surface area contributed by atoms with Gasteiger partial charge < -0.3 is 14.5 Å². The van der Waals surface area contributed by atoms with Gasteiger partial charge in [-0.2, -0.15) is 0 Å². The number of rotatable bonds is 3. The highest BCUT2D eigenvalue weighted by Gasteiger charge is 2.21. The van der Waals surface area contributed by atoms with Crippen LogP contribution < -0.4 is 5.32 Å². The van der Waals surface area contributed by atoms with Crippen LogP contribution in [0.2, 0.25) is 0 Å². The Morgan fingerprint density at radius 2 is 0.902 bits per heavy atom. The largest absolute Gasteiger partial charge is 0.332 e. The molecule has 1 aliphatic rings. The van der Waals surface area contributed by atoms with E-state index in [9.17, 15) is 0 Å². The molecule has 5 heteroatoms. The summed E-state index contributed by atoms with van der Waals surface area (Å²) in [7, 11) is 0. The fraction of sp³-hybridized carbons (Fsp3) is 0.0217. The Morgan fingerprint density at radius 1 is 0.392 bits per heavy atom. The van der Waals surface area contributed by atoms with Gasteiger partial charge in [0.1, 0.15) is 0 Å². The molecular weight excluding hydrogens is 623 g/mol. The lowest BCUT2D eigenvalue weighted by atomic mass is 10.0. The van der Waals surface area contributed by atoms with Crippen LogP contribution in [0, 0.1) is 0 Å². The first-order valence-electron chi connectivity index (χ1n) is 17.4. The van der Waals surface area contributed by atoms with Crippen LogP contribution in [0.4, 0.5) is 0 Å². The van der Waals surface area contributed by atoms with Crippen LogP contribution in [0.1, 0.15) is 11.6 Å². The molecular formula is C46H31N5. The summed E-state index contributed by atoms with van der Waals surface area (Å²) in [4.78, 5) is 5.38. The number of hydrogen-bond acceptors (Lipinski definition) is 2. The average molecular weight is 654 g/mol. The summed E-state index contributed by atoms with van der Waals surface area (Å²) in [5.74, 6) is 0.807. The SMILES string of the molecule is C1=CC(c2ccc3c4ccccc4n(-c4ccccc4)c3c2)N=C(n2c3ccccc3c3cc(-n4c5ccccc5c5ccccc54)ccc32)N1. The van der Waals surface area contributed by atoms with Crippen LogP contribution in [-0.4, -0.2) is 19.7 Å². The zero-order chi connectivity index (χ0) is 33.5. The highest BCUT2D eigenvalue weighted by Crippen LogP contribution is 2.37. The third-order valence-electron chi connectivity index (χ3n) is 10.5. The molecule has 5 nitrogen and oxygen atoms in total. The summed E-state index contributed by atoms with van der Waals surface area (Å²) in [6.07, 6.45) is 4.19. The number of nitrogens with one attached hydrogen (secondary N) is 1. The van der Waals surface area contributed by atoms with Gasteiger partial charge in [0.15, 0.2) is 0 Å². The molecule has 0 aliphatic carbocycles. The summed E-state index contributed by atoms with van der Waals surface area (Å²) in [5.41, 5.74) is 10.5. The first-order chi connectivity index (χ1) is 25.3. The average Bonchev–Trinajstić information content (AvgIpc) is 3.83. The molecule has 0 saturated heterocycles. The van der Waals surface area contributed by atoms with Crippen molar-refractivity contribution in [3.63, 3.8) is 0 Å². The minimum Gasteiger partial charge on any atom is -0.332 e. The van der Waals surface area contributed by atoms with Gasteiger partial charge in [-0.25, -0.2) is 4.99 Å². The van der Waals surface area contributed by atoms with Gasteiger partial charge in [0.05, 0.1) is 39.1 Å². The molecule has 1 aliphatic heterocycles. The Kier molecular flexibility index (Phi) is 5.95. The molecule has 51 heavy (non-hydrogen) atoms. The summed E-state index contributed by atoms with van der Waals surface area (Å²) in [6, 6.07) is 58.7. The second-order valence-electron chi connectivity index (χ2n) is 13.3. The van der Waals surface area contributed by atoms with E-state index in [-0.39, 0.29) is 6.04 Å². The number of hydrogen-bond donors (Lipinski definition) is 1. The Morgan fingerprint density at radius 3 is 1.55 bits per heavy atom. The van der Waals surface area contributed by atoms with Gasteiger partial charge in [-0.05, 0) is 72.3 Å². The van der Waals surface area contributed by atoms with Crippen molar-refractivity contribution in [1.82, 2.24) is 19.0 Å². The minimum absolute atomic E-state index is 0.152. The lowest BCUT2D eigenvalue weighted by Crippen LogP contribution is -2.29. The zero-order valence-electron chi connectivity index (χ0n) is 27.6. The van der Waals surface area contributed by atoms with E-state index >= 15 is 0 Å². The van der Waals surface area contributed by atoms with Crippen LogP contribution in [0.5, 0.6) is 0 Å². The summed E-state index contributed by atoms with van der Waals surface area (Å²) >= 11 is 0. The molecule has 240 valence electrons. The summed E-state index contributed by atoms with van der Waals surface area (Å²) < 4.78 is 7.03. The predicted molar refractivity (Wildman–Crippen MR) is 212 cm³/mol. The van der Waals surface area contributed by atoms with Gasteiger partial charge in [-0.3, -0.25) is 4.57 Å². The van der Waals surface area contributed by atoms with Crippen molar-refractivity contribution < 1.29 is 0 Å². The standard InChI is InChI=1S/C46H31N5/c1-2-12-31(13-3-1)49-40-18-8-6-16-35(40)37-24-22-30(28-45(37)49)39-26-27-47-46(48-39)51-43-21-11-7-17-36(43)38-29-32(23-25-44(38)51)50-41-19-9-4-14-33(41)34-15-5-10-20-42(34)50/h1-29,39H,(H,47,48). The first kappa shape index (κ1) is 28.0. The molecule has 0 amide bonds. The monoisotopic (exact) mass is 653 g/mol. The summed E-state index contributed by atoms with van der Waals surface area (Å²) in [6.45, 7) is 0.